The molecule has 0 spiro atoms. The number of aryl methyl sites for hydroxylation is 8. The van der Waals surface area contributed by atoms with Crippen molar-refractivity contribution in [3.63, 3.8) is 0 Å². The normalized spacial score (nSPS) is 21.5. The van der Waals surface area contributed by atoms with Crippen LogP contribution >= 0.6 is 0 Å². The predicted molar refractivity (Wildman–Crippen MR) is 284 cm³/mol. The first-order valence-electron chi connectivity index (χ1n) is 26.0. The van der Waals surface area contributed by atoms with E-state index >= 15 is 0 Å². The van der Waals surface area contributed by atoms with Gasteiger partial charge in [-0.2, -0.15) is 0 Å². The molecule has 10 rings (SSSR count). The molecule has 6 heteroatoms. The highest BCUT2D eigenvalue weighted by molar-refractivity contribution is 5.63. The summed E-state index contributed by atoms with van der Waals surface area (Å²) in [6, 6.07) is 25.1. The number of phenolic OH excluding ortho intramolecular Hbond substituents is 6. The van der Waals surface area contributed by atoms with E-state index in [1.165, 1.54) is 17.5 Å². The van der Waals surface area contributed by atoms with Gasteiger partial charge in [0, 0.05) is 23.0 Å². The van der Waals surface area contributed by atoms with Crippen LogP contribution in [0.1, 0.15) is 203 Å². The zero-order valence-electron chi connectivity index (χ0n) is 43.7. The van der Waals surface area contributed by atoms with E-state index in [1.54, 1.807) is 0 Å². The van der Waals surface area contributed by atoms with Gasteiger partial charge in [0.2, 0.25) is 0 Å². The summed E-state index contributed by atoms with van der Waals surface area (Å²) in [4.78, 5) is 0. The fourth-order valence-electron chi connectivity index (χ4n) is 14.1. The van der Waals surface area contributed by atoms with Gasteiger partial charge in [-0.1, -0.05) is 76.2 Å². The molecular formula is C64H76O6. The molecule has 6 aromatic rings. The summed E-state index contributed by atoms with van der Waals surface area (Å²) < 4.78 is 0. The SMILES string of the molecule is CCC(C)c1cc(C23CC4CC(C2)CC(c2cc(C(C)CC)c(O)c(C(c5cc(C)c(O)cc5C)c5cc(C)c(O)cc5C)c2)(C4)C3)cc(C(c2cc(C)c(O)cc2C)c2cc(C)c(O)cc2C)c1O. The number of phenols is 6. The molecule has 4 aliphatic rings. The van der Waals surface area contributed by atoms with Gasteiger partial charge in [-0.25, -0.2) is 0 Å². The lowest BCUT2D eigenvalue weighted by Crippen LogP contribution is -2.56. The Morgan fingerprint density at radius 2 is 0.657 bits per heavy atom. The van der Waals surface area contributed by atoms with Crippen LogP contribution in [0.5, 0.6) is 34.5 Å². The van der Waals surface area contributed by atoms with Gasteiger partial charge in [0.05, 0.1) is 0 Å². The number of hydrogen-bond donors (Lipinski definition) is 6. The van der Waals surface area contributed by atoms with E-state index in [0.717, 1.165) is 134 Å². The lowest BCUT2D eigenvalue weighted by molar-refractivity contribution is -0.0283. The molecule has 2 atom stereocenters. The van der Waals surface area contributed by atoms with Crippen molar-refractivity contribution in [3.8, 4) is 34.5 Å². The van der Waals surface area contributed by atoms with Crippen LogP contribution in [0, 0.1) is 67.2 Å². The molecule has 0 heterocycles. The maximum absolute atomic E-state index is 12.8. The van der Waals surface area contributed by atoms with Crippen molar-refractivity contribution in [1.29, 1.82) is 0 Å². The van der Waals surface area contributed by atoms with E-state index in [9.17, 15) is 30.6 Å². The molecule has 0 amide bonds. The average molecular weight is 941 g/mol. The van der Waals surface area contributed by atoms with E-state index < -0.39 is 0 Å². The zero-order chi connectivity index (χ0) is 50.5. The van der Waals surface area contributed by atoms with E-state index in [2.05, 4.69) is 76.2 Å². The van der Waals surface area contributed by atoms with Crippen molar-refractivity contribution >= 4 is 0 Å². The second-order valence-corrected chi connectivity index (χ2v) is 23.0. The second-order valence-electron chi connectivity index (χ2n) is 23.0. The molecule has 6 nitrogen and oxygen atoms in total. The van der Waals surface area contributed by atoms with Crippen LogP contribution in [0.4, 0.5) is 0 Å². The summed E-state index contributed by atoms with van der Waals surface area (Å²) in [7, 11) is 0. The quantitative estimate of drug-likeness (QED) is 0.0680. The Morgan fingerprint density at radius 3 is 0.929 bits per heavy atom. The largest absolute Gasteiger partial charge is 0.508 e. The van der Waals surface area contributed by atoms with Crippen LogP contribution in [-0.4, -0.2) is 30.6 Å². The predicted octanol–water partition coefficient (Wildman–Crippen LogP) is 15.6. The average Bonchev–Trinajstić information content (AvgIpc) is 3.30. The summed E-state index contributed by atoms with van der Waals surface area (Å²) in [5.41, 5.74) is 16.9. The Hall–Kier alpha value is -5.88. The Morgan fingerprint density at radius 1 is 0.386 bits per heavy atom. The van der Waals surface area contributed by atoms with E-state index in [0.29, 0.717) is 23.3 Å². The number of benzene rings is 6. The lowest BCUT2D eigenvalue weighted by atomic mass is 9.41. The van der Waals surface area contributed by atoms with E-state index in [4.69, 9.17) is 0 Å². The van der Waals surface area contributed by atoms with Crippen molar-refractivity contribution in [3.05, 3.63) is 173 Å². The van der Waals surface area contributed by atoms with Gasteiger partial charge in [-0.05, 0) is 255 Å². The van der Waals surface area contributed by atoms with Crippen LogP contribution in [0.2, 0.25) is 0 Å². The highest BCUT2D eigenvalue weighted by Crippen LogP contribution is 2.67. The third kappa shape index (κ3) is 8.21. The molecule has 4 bridgehead atoms. The van der Waals surface area contributed by atoms with Gasteiger partial charge in [0.25, 0.3) is 0 Å². The standard InChI is InChI=1S/C64H76O6/c1-13-33(3)51-24-45(26-53(61(51)69)59(47-15-39(9)55(65)19-35(47)5)48-16-40(10)56(66)20-36(48)6)63-28-43-23-44(29-63)31-64(30-43,32-63)46-25-52(34(4)14-2)62(70)54(27-46)60(49-17-41(11)57(67)21-37(49)7)50-18-42(12)58(68)22-38(50)8/h15-22,24-27,33-34,43-44,59-60,65-70H,13-14,23,28-32H2,1-12H3. The molecule has 2 unspecified atom stereocenters. The molecule has 4 aliphatic carbocycles. The molecule has 368 valence electrons. The van der Waals surface area contributed by atoms with Gasteiger partial charge in [0.1, 0.15) is 34.5 Å². The van der Waals surface area contributed by atoms with E-state index in [1.807, 2.05) is 79.7 Å². The molecule has 6 N–H and O–H groups in total. The Bertz CT molecular complexity index is 2720. The first-order valence-corrected chi connectivity index (χ1v) is 26.0. The fourth-order valence-corrected chi connectivity index (χ4v) is 14.1. The lowest BCUT2D eigenvalue weighted by Gasteiger charge is -2.63. The zero-order valence-corrected chi connectivity index (χ0v) is 43.7. The topological polar surface area (TPSA) is 121 Å². The molecular weight excluding hydrogens is 865 g/mol. The molecule has 70 heavy (non-hydrogen) atoms. The maximum atomic E-state index is 12.8. The van der Waals surface area contributed by atoms with Crippen LogP contribution in [0.15, 0.2) is 72.8 Å². The van der Waals surface area contributed by atoms with Gasteiger partial charge in [0.15, 0.2) is 0 Å². The highest BCUT2D eigenvalue weighted by atomic mass is 16.3. The number of rotatable bonds is 12. The minimum absolute atomic E-state index is 0.0983. The van der Waals surface area contributed by atoms with Crippen molar-refractivity contribution in [1.82, 2.24) is 0 Å². The first kappa shape index (κ1) is 49.1. The van der Waals surface area contributed by atoms with E-state index in [-0.39, 0.29) is 57.5 Å². The summed E-state index contributed by atoms with van der Waals surface area (Å²) >= 11 is 0. The summed E-state index contributed by atoms with van der Waals surface area (Å²) in [6.07, 6.45) is 8.23. The van der Waals surface area contributed by atoms with Crippen LogP contribution < -0.4 is 0 Å². The van der Waals surface area contributed by atoms with Crippen LogP contribution in [0.3, 0.4) is 0 Å². The van der Waals surface area contributed by atoms with Crippen LogP contribution in [0.25, 0.3) is 0 Å². The van der Waals surface area contributed by atoms with Gasteiger partial charge in [-0.3, -0.25) is 0 Å². The van der Waals surface area contributed by atoms with Crippen molar-refractivity contribution < 1.29 is 30.6 Å². The summed E-state index contributed by atoms with van der Waals surface area (Å²) in [5.74, 6) is 2.13. The fraction of sp³-hybridized carbons (Fsp3) is 0.438. The van der Waals surface area contributed by atoms with Crippen molar-refractivity contribution in [2.45, 2.75) is 169 Å². The molecule has 0 radical (unpaired) electrons. The van der Waals surface area contributed by atoms with Crippen molar-refractivity contribution in [2.24, 2.45) is 11.8 Å². The van der Waals surface area contributed by atoms with Gasteiger partial charge in [-0.15, -0.1) is 0 Å². The maximum Gasteiger partial charge on any atom is 0.123 e. The Labute approximate surface area is 417 Å². The van der Waals surface area contributed by atoms with Gasteiger partial charge < -0.3 is 30.6 Å². The Balaban J connectivity index is 1.28. The smallest absolute Gasteiger partial charge is 0.123 e. The monoisotopic (exact) mass is 941 g/mol. The minimum atomic E-state index is -0.363. The highest BCUT2D eigenvalue weighted by Gasteiger charge is 2.59. The first-order chi connectivity index (χ1) is 33.1. The molecule has 0 aromatic heterocycles. The third-order valence-corrected chi connectivity index (χ3v) is 18.1. The molecule has 4 saturated carbocycles. The van der Waals surface area contributed by atoms with Crippen LogP contribution in [-0.2, 0) is 10.8 Å². The summed E-state index contributed by atoms with van der Waals surface area (Å²) in [6.45, 7) is 24.8. The molecule has 0 saturated heterocycles. The minimum Gasteiger partial charge on any atom is -0.508 e. The second kappa shape index (κ2) is 18.1. The third-order valence-electron chi connectivity index (χ3n) is 18.1. The molecule has 0 aliphatic heterocycles. The summed E-state index contributed by atoms with van der Waals surface area (Å²) in [5, 5.41) is 69.4. The number of hydrogen-bond acceptors (Lipinski definition) is 6. The van der Waals surface area contributed by atoms with Gasteiger partial charge >= 0.3 is 0 Å². The molecule has 4 fully saturated rings. The van der Waals surface area contributed by atoms with Crippen molar-refractivity contribution in [2.75, 3.05) is 0 Å². The number of aromatic hydroxyl groups is 6. The molecule has 6 aromatic carbocycles. The Kier molecular flexibility index (Phi) is 12.7.